The predicted octanol–water partition coefficient (Wildman–Crippen LogP) is 3.82. The summed E-state index contributed by atoms with van der Waals surface area (Å²) in [5.41, 5.74) is 0.547. The van der Waals surface area contributed by atoms with Crippen LogP contribution in [0.15, 0.2) is 12.2 Å². The van der Waals surface area contributed by atoms with Crippen LogP contribution in [-0.4, -0.2) is 29.3 Å². The van der Waals surface area contributed by atoms with Gasteiger partial charge in [-0.3, -0.25) is 4.90 Å². The number of ether oxygens (including phenoxy) is 1. The minimum absolute atomic E-state index is 0.0671. The molecule has 5 unspecified atom stereocenters. The topological polar surface area (TPSA) is 12.5 Å². The summed E-state index contributed by atoms with van der Waals surface area (Å²) < 4.78 is 6.58. The van der Waals surface area contributed by atoms with Gasteiger partial charge in [0.15, 0.2) is 0 Å². The molecule has 3 saturated carbocycles. The lowest BCUT2D eigenvalue weighted by atomic mass is 9.43. The van der Waals surface area contributed by atoms with E-state index in [0.29, 0.717) is 11.5 Å². The van der Waals surface area contributed by atoms with Crippen LogP contribution in [-0.2, 0) is 4.74 Å². The SMILES string of the molecule is C/C=C/C1OC2(C)C(CC3CC2C3(C)C)N1CCC. The Labute approximate surface area is 118 Å². The van der Waals surface area contributed by atoms with Gasteiger partial charge in [0.2, 0.25) is 0 Å². The van der Waals surface area contributed by atoms with Gasteiger partial charge in [-0.25, -0.2) is 0 Å². The first-order valence-corrected chi connectivity index (χ1v) is 8.01. The van der Waals surface area contributed by atoms with Crippen molar-refractivity contribution in [2.24, 2.45) is 17.3 Å². The van der Waals surface area contributed by atoms with Crippen LogP contribution in [0.5, 0.6) is 0 Å². The molecule has 1 heterocycles. The zero-order chi connectivity index (χ0) is 13.8. The van der Waals surface area contributed by atoms with Gasteiger partial charge in [0.25, 0.3) is 0 Å². The second kappa shape index (κ2) is 4.33. The lowest BCUT2D eigenvalue weighted by Gasteiger charge is -2.65. The number of allylic oxidation sites excluding steroid dienone is 1. The molecule has 0 amide bonds. The summed E-state index contributed by atoms with van der Waals surface area (Å²) in [4.78, 5) is 2.62. The van der Waals surface area contributed by atoms with Crippen molar-refractivity contribution in [3.05, 3.63) is 12.2 Å². The fourth-order valence-corrected chi connectivity index (χ4v) is 5.11. The first kappa shape index (κ1) is 13.6. The van der Waals surface area contributed by atoms with E-state index in [2.05, 4.69) is 51.7 Å². The molecule has 3 aliphatic carbocycles. The van der Waals surface area contributed by atoms with Gasteiger partial charge in [0.05, 0.1) is 5.60 Å². The van der Waals surface area contributed by atoms with Crippen LogP contribution >= 0.6 is 0 Å². The molecule has 1 saturated heterocycles. The van der Waals surface area contributed by atoms with E-state index in [1.165, 1.54) is 19.3 Å². The highest BCUT2D eigenvalue weighted by molar-refractivity contribution is 5.19. The average molecular weight is 263 g/mol. The summed E-state index contributed by atoms with van der Waals surface area (Å²) in [5, 5.41) is 0. The van der Waals surface area contributed by atoms with Crippen molar-refractivity contribution in [1.82, 2.24) is 4.90 Å². The molecular formula is C17H29NO. The van der Waals surface area contributed by atoms with Crippen LogP contribution in [0.1, 0.15) is 53.9 Å². The van der Waals surface area contributed by atoms with E-state index in [9.17, 15) is 0 Å². The number of hydrogen-bond donors (Lipinski definition) is 0. The summed E-state index contributed by atoms with van der Waals surface area (Å²) in [6, 6.07) is 0.630. The van der Waals surface area contributed by atoms with Gasteiger partial charge in [0, 0.05) is 12.6 Å². The Balaban J connectivity index is 1.91. The lowest BCUT2D eigenvalue weighted by molar-refractivity contribution is -0.204. The molecule has 0 aromatic rings. The Morgan fingerprint density at radius 2 is 2.00 bits per heavy atom. The van der Waals surface area contributed by atoms with Gasteiger partial charge in [-0.2, -0.15) is 0 Å². The first-order chi connectivity index (χ1) is 8.95. The van der Waals surface area contributed by atoms with Gasteiger partial charge < -0.3 is 4.74 Å². The van der Waals surface area contributed by atoms with Gasteiger partial charge in [-0.15, -0.1) is 0 Å². The highest BCUT2D eigenvalue weighted by Gasteiger charge is 2.68. The molecule has 108 valence electrons. The van der Waals surface area contributed by atoms with Crippen LogP contribution in [0.3, 0.4) is 0 Å². The van der Waals surface area contributed by atoms with E-state index >= 15 is 0 Å². The molecule has 2 bridgehead atoms. The third-order valence-electron chi connectivity index (χ3n) is 6.27. The van der Waals surface area contributed by atoms with Crippen molar-refractivity contribution in [1.29, 1.82) is 0 Å². The van der Waals surface area contributed by atoms with Crippen LogP contribution < -0.4 is 0 Å². The summed E-state index contributed by atoms with van der Waals surface area (Å²) in [7, 11) is 0. The molecule has 0 spiro atoms. The first-order valence-electron chi connectivity index (χ1n) is 8.01. The molecule has 19 heavy (non-hydrogen) atoms. The van der Waals surface area contributed by atoms with E-state index in [1.54, 1.807) is 0 Å². The second-order valence-corrected chi connectivity index (χ2v) is 7.51. The van der Waals surface area contributed by atoms with Crippen molar-refractivity contribution in [2.75, 3.05) is 6.54 Å². The van der Waals surface area contributed by atoms with Gasteiger partial charge >= 0.3 is 0 Å². The molecule has 2 heteroatoms. The quantitative estimate of drug-likeness (QED) is 0.718. The fourth-order valence-electron chi connectivity index (χ4n) is 5.11. The number of rotatable bonds is 3. The zero-order valence-corrected chi connectivity index (χ0v) is 13.1. The normalized spacial score (nSPS) is 48.3. The van der Waals surface area contributed by atoms with E-state index in [4.69, 9.17) is 4.74 Å². The van der Waals surface area contributed by atoms with E-state index in [1.807, 2.05) is 0 Å². The molecule has 1 aliphatic heterocycles. The molecule has 0 aromatic heterocycles. The molecule has 0 aromatic carbocycles. The van der Waals surface area contributed by atoms with Gasteiger partial charge in [0.1, 0.15) is 6.23 Å². The molecule has 4 rings (SSSR count). The second-order valence-electron chi connectivity index (χ2n) is 7.51. The van der Waals surface area contributed by atoms with E-state index in [-0.39, 0.29) is 11.8 Å². The highest BCUT2D eigenvalue weighted by Crippen LogP contribution is 2.66. The fraction of sp³-hybridized carbons (Fsp3) is 0.882. The minimum atomic E-state index is 0.0671. The van der Waals surface area contributed by atoms with Crippen molar-refractivity contribution in [2.45, 2.75) is 71.8 Å². The maximum Gasteiger partial charge on any atom is 0.130 e. The standard InChI is InChI=1S/C17H29NO/c1-6-8-15-18(9-7-2)14-11-12-10-13(16(12,3)4)17(14,5)19-15/h6,8,12-15H,7,9-11H2,1-5H3/b8-6+. The summed E-state index contributed by atoms with van der Waals surface area (Å²) in [6.45, 7) is 12.8. The smallest absolute Gasteiger partial charge is 0.130 e. The Hall–Kier alpha value is -0.340. The van der Waals surface area contributed by atoms with Crippen molar-refractivity contribution < 1.29 is 4.74 Å². The molecular weight excluding hydrogens is 234 g/mol. The monoisotopic (exact) mass is 263 g/mol. The summed E-state index contributed by atoms with van der Waals surface area (Å²) in [5.74, 6) is 1.64. The zero-order valence-electron chi connectivity index (χ0n) is 13.1. The third-order valence-corrected chi connectivity index (χ3v) is 6.27. The Kier molecular flexibility index (Phi) is 3.10. The van der Waals surface area contributed by atoms with Gasteiger partial charge in [-0.1, -0.05) is 26.8 Å². The van der Waals surface area contributed by atoms with Crippen LogP contribution in [0.25, 0.3) is 0 Å². The summed E-state index contributed by atoms with van der Waals surface area (Å²) >= 11 is 0. The molecule has 0 N–H and O–H groups in total. The van der Waals surface area contributed by atoms with E-state index in [0.717, 1.165) is 18.4 Å². The maximum absolute atomic E-state index is 6.58. The highest BCUT2D eigenvalue weighted by atomic mass is 16.5. The molecule has 4 fully saturated rings. The van der Waals surface area contributed by atoms with E-state index < -0.39 is 0 Å². The molecule has 0 radical (unpaired) electrons. The molecule has 5 atom stereocenters. The molecule has 2 nitrogen and oxygen atoms in total. The van der Waals surface area contributed by atoms with Crippen LogP contribution in [0.4, 0.5) is 0 Å². The Morgan fingerprint density at radius 1 is 1.26 bits per heavy atom. The van der Waals surface area contributed by atoms with Crippen molar-refractivity contribution in [3.63, 3.8) is 0 Å². The van der Waals surface area contributed by atoms with Crippen molar-refractivity contribution in [3.8, 4) is 0 Å². The summed E-state index contributed by atoms with van der Waals surface area (Å²) in [6.07, 6.45) is 8.50. The van der Waals surface area contributed by atoms with Gasteiger partial charge in [-0.05, 0) is 56.4 Å². The van der Waals surface area contributed by atoms with Crippen LogP contribution in [0.2, 0.25) is 0 Å². The van der Waals surface area contributed by atoms with Crippen LogP contribution in [0, 0.1) is 17.3 Å². The maximum atomic E-state index is 6.58. The Bertz CT molecular complexity index is 389. The lowest BCUT2D eigenvalue weighted by Crippen LogP contribution is -2.67. The predicted molar refractivity (Wildman–Crippen MR) is 78.9 cm³/mol. The Morgan fingerprint density at radius 3 is 2.58 bits per heavy atom. The minimum Gasteiger partial charge on any atom is -0.351 e. The number of nitrogens with zero attached hydrogens (tertiary/aromatic N) is 1. The number of hydrogen-bond acceptors (Lipinski definition) is 2. The van der Waals surface area contributed by atoms with Crippen molar-refractivity contribution >= 4 is 0 Å². The average Bonchev–Trinajstić information content (AvgIpc) is 2.62. The molecule has 4 aliphatic rings. The third kappa shape index (κ3) is 1.69. The largest absolute Gasteiger partial charge is 0.351 e.